The van der Waals surface area contributed by atoms with Gasteiger partial charge in [0.25, 0.3) is 0 Å². The average molecular weight is 301 g/mol. The van der Waals surface area contributed by atoms with Crippen molar-refractivity contribution in [1.29, 1.82) is 0 Å². The lowest BCUT2D eigenvalue weighted by atomic mass is 10.1. The number of hydrogen-bond donors (Lipinski definition) is 1. The Kier molecular flexibility index (Phi) is 5.53. The Labute approximate surface area is 130 Å². The van der Waals surface area contributed by atoms with Gasteiger partial charge in [-0.05, 0) is 55.7 Å². The second-order valence-corrected chi connectivity index (χ2v) is 5.21. The molecule has 0 bridgehead atoms. The Morgan fingerprint density at radius 3 is 2.73 bits per heavy atom. The quantitative estimate of drug-likeness (QED) is 0.810. The largest absolute Gasteiger partial charge is 0.493 e. The molecule has 4 heteroatoms. The van der Waals surface area contributed by atoms with Crippen LogP contribution < -0.4 is 10.1 Å². The minimum atomic E-state index is -0.365. The maximum Gasteiger partial charge on any atom is 0.224 e. The van der Waals surface area contributed by atoms with Crippen molar-refractivity contribution in [3.63, 3.8) is 0 Å². The summed E-state index contributed by atoms with van der Waals surface area (Å²) in [6.45, 7) is 4.52. The van der Waals surface area contributed by atoms with Crippen molar-refractivity contribution in [2.24, 2.45) is 0 Å². The van der Waals surface area contributed by atoms with Crippen LogP contribution in [0.4, 0.5) is 10.1 Å². The van der Waals surface area contributed by atoms with Gasteiger partial charge in [-0.2, -0.15) is 0 Å². The van der Waals surface area contributed by atoms with E-state index in [-0.39, 0.29) is 11.7 Å². The first-order chi connectivity index (χ1) is 10.6. The fourth-order valence-corrected chi connectivity index (χ4v) is 2.09. The third-order valence-electron chi connectivity index (χ3n) is 3.47. The Bertz CT molecular complexity index is 655. The van der Waals surface area contributed by atoms with Gasteiger partial charge in [0.05, 0.1) is 6.61 Å². The minimum Gasteiger partial charge on any atom is -0.493 e. The Morgan fingerprint density at radius 2 is 1.95 bits per heavy atom. The van der Waals surface area contributed by atoms with Crippen molar-refractivity contribution in [1.82, 2.24) is 0 Å². The summed E-state index contributed by atoms with van der Waals surface area (Å²) in [6, 6.07) is 11.8. The van der Waals surface area contributed by atoms with Crippen LogP contribution in [0.25, 0.3) is 0 Å². The van der Waals surface area contributed by atoms with Crippen LogP contribution in [0.3, 0.4) is 0 Å². The van der Waals surface area contributed by atoms with Gasteiger partial charge in [0, 0.05) is 12.1 Å². The van der Waals surface area contributed by atoms with Crippen molar-refractivity contribution >= 4 is 11.6 Å². The predicted molar refractivity (Wildman–Crippen MR) is 85.7 cm³/mol. The summed E-state index contributed by atoms with van der Waals surface area (Å²) >= 11 is 0. The number of halogens is 1. The molecule has 1 N–H and O–H groups in total. The first-order valence-corrected chi connectivity index (χ1v) is 7.30. The number of aryl methyl sites for hydroxylation is 1. The van der Waals surface area contributed by atoms with Gasteiger partial charge < -0.3 is 10.1 Å². The smallest absolute Gasteiger partial charge is 0.224 e. The summed E-state index contributed by atoms with van der Waals surface area (Å²) in [5.41, 5.74) is 2.77. The summed E-state index contributed by atoms with van der Waals surface area (Å²) in [6.07, 6.45) is 0.940. The number of rotatable bonds is 6. The first-order valence-electron chi connectivity index (χ1n) is 7.30. The molecular formula is C18H20FNO2. The maximum atomic E-state index is 13.0. The van der Waals surface area contributed by atoms with E-state index in [0.29, 0.717) is 25.1 Å². The van der Waals surface area contributed by atoms with Crippen molar-refractivity contribution in [3.8, 4) is 5.75 Å². The minimum absolute atomic E-state index is 0.143. The van der Waals surface area contributed by atoms with Crippen LogP contribution in [-0.4, -0.2) is 12.5 Å². The van der Waals surface area contributed by atoms with E-state index in [9.17, 15) is 9.18 Å². The van der Waals surface area contributed by atoms with Crippen LogP contribution in [0.5, 0.6) is 5.75 Å². The van der Waals surface area contributed by atoms with Gasteiger partial charge in [-0.15, -0.1) is 0 Å². The van der Waals surface area contributed by atoms with Crippen LogP contribution in [0, 0.1) is 19.7 Å². The number of amides is 1. The molecule has 3 nitrogen and oxygen atoms in total. The van der Waals surface area contributed by atoms with Gasteiger partial charge in [-0.3, -0.25) is 4.79 Å². The van der Waals surface area contributed by atoms with E-state index in [1.165, 1.54) is 17.7 Å². The zero-order valence-corrected chi connectivity index (χ0v) is 12.9. The number of hydrogen-bond acceptors (Lipinski definition) is 2. The van der Waals surface area contributed by atoms with Crippen LogP contribution in [0.2, 0.25) is 0 Å². The fraction of sp³-hybridized carbons (Fsp3) is 0.278. The molecule has 0 spiro atoms. The fourth-order valence-electron chi connectivity index (χ4n) is 2.09. The lowest BCUT2D eigenvalue weighted by Crippen LogP contribution is -2.13. The SMILES string of the molecule is Cc1cccc(OCCCC(=O)Nc2cccc(F)c2)c1C. The Balaban J connectivity index is 1.74. The van der Waals surface area contributed by atoms with Crippen LogP contribution in [0.1, 0.15) is 24.0 Å². The van der Waals surface area contributed by atoms with E-state index in [2.05, 4.69) is 5.32 Å². The molecule has 2 aromatic carbocycles. The third kappa shape index (κ3) is 4.58. The number of benzene rings is 2. The molecule has 0 heterocycles. The van der Waals surface area contributed by atoms with E-state index in [1.54, 1.807) is 12.1 Å². The summed E-state index contributed by atoms with van der Waals surface area (Å²) in [5.74, 6) is 0.344. The lowest BCUT2D eigenvalue weighted by molar-refractivity contribution is -0.116. The predicted octanol–water partition coefficient (Wildman–Crippen LogP) is 4.24. The highest BCUT2D eigenvalue weighted by atomic mass is 19.1. The van der Waals surface area contributed by atoms with Crippen molar-refractivity contribution in [2.75, 3.05) is 11.9 Å². The molecule has 0 saturated heterocycles. The number of nitrogens with one attached hydrogen (secondary N) is 1. The molecule has 2 aromatic rings. The summed E-state index contributed by atoms with van der Waals surface area (Å²) in [5, 5.41) is 2.67. The highest BCUT2D eigenvalue weighted by Gasteiger charge is 2.05. The molecule has 116 valence electrons. The topological polar surface area (TPSA) is 38.3 Å². The molecule has 0 aliphatic carbocycles. The molecule has 0 atom stereocenters. The second-order valence-electron chi connectivity index (χ2n) is 5.21. The van der Waals surface area contributed by atoms with E-state index < -0.39 is 0 Å². The summed E-state index contributed by atoms with van der Waals surface area (Å²) < 4.78 is 18.7. The van der Waals surface area contributed by atoms with Gasteiger partial charge in [-0.25, -0.2) is 4.39 Å². The Morgan fingerprint density at radius 1 is 1.18 bits per heavy atom. The molecule has 0 unspecified atom stereocenters. The second kappa shape index (κ2) is 7.59. The Hall–Kier alpha value is -2.36. The number of ether oxygens (including phenoxy) is 1. The first kappa shape index (κ1) is 16.0. The van der Waals surface area contributed by atoms with Gasteiger partial charge in [-0.1, -0.05) is 18.2 Å². The maximum absolute atomic E-state index is 13.0. The molecule has 1 amide bonds. The van der Waals surface area contributed by atoms with Gasteiger partial charge in [0.15, 0.2) is 0 Å². The molecule has 2 rings (SSSR count). The summed E-state index contributed by atoms with van der Waals surface area (Å²) in [4.78, 5) is 11.8. The average Bonchev–Trinajstić information content (AvgIpc) is 2.48. The molecular weight excluding hydrogens is 281 g/mol. The molecule has 0 saturated carbocycles. The molecule has 22 heavy (non-hydrogen) atoms. The zero-order chi connectivity index (χ0) is 15.9. The van der Waals surface area contributed by atoms with Crippen molar-refractivity contribution < 1.29 is 13.9 Å². The zero-order valence-electron chi connectivity index (χ0n) is 12.9. The van der Waals surface area contributed by atoms with Gasteiger partial charge in [0.2, 0.25) is 5.91 Å². The van der Waals surface area contributed by atoms with Crippen LogP contribution >= 0.6 is 0 Å². The lowest BCUT2D eigenvalue weighted by Gasteiger charge is -2.10. The monoisotopic (exact) mass is 301 g/mol. The normalized spacial score (nSPS) is 10.3. The number of carbonyl (C=O) groups excluding carboxylic acids is 1. The van der Waals surface area contributed by atoms with Crippen molar-refractivity contribution in [2.45, 2.75) is 26.7 Å². The summed E-state index contributed by atoms with van der Waals surface area (Å²) in [7, 11) is 0. The van der Waals surface area contributed by atoms with Crippen molar-refractivity contribution in [3.05, 3.63) is 59.4 Å². The van der Waals surface area contributed by atoms with Crippen LogP contribution in [0.15, 0.2) is 42.5 Å². The third-order valence-corrected chi connectivity index (χ3v) is 3.47. The molecule has 0 aliphatic heterocycles. The van der Waals surface area contributed by atoms with Gasteiger partial charge >= 0.3 is 0 Å². The van der Waals surface area contributed by atoms with E-state index in [4.69, 9.17) is 4.74 Å². The van der Waals surface area contributed by atoms with E-state index in [0.717, 1.165) is 11.3 Å². The standard InChI is InChI=1S/C18H20FNO2/c1-13-6-3-9-17(14(13)2)22-11-5-10-18(21)20-16-8-4-7-15(19)12-16/h3-4,6-9,12H,5,10-11H2,1-2H3,(H,20,21). The molecule has 0 radical (unpaired) electrons. The molecule has 0 fully saturated rings. The van der Waals surface area contributed by atoms with E-state index in [1.807, 2.05) is 32.0 Å². The number of anilines is 1. The van der Waals surface area contributed by atoms with Gasteiger partial charge in [0.1, 0.15) is 11.6 Å². The van der Waals surface area contributed by atoms with Crippen LogP contribution in [-0.2, 0) is 4.79 Å². The highest BCUT2D eigenvalue weighted by molar-refractivity contribution is 5.90. The highest BCUT2D eigenvalue weighted by Crippen LogP contribution is 2.20. The van der Waals surface area contributed by atoms with E-state index >= 15 is 0 Å². The molecule has 0 aromatic heterocycles. The number of carbonyl (C=O) groups is 1. The molecule has 0 aliphatic rings.